The van der Waals surface area contributed by atoms with Gasteiger partial charge in [0.15, 0.2) is 0 Å². The van der Waals surface area contributed by atoms with Crippen LogP contribution >= 0.6 is 22.9 Å². The molecule has 1 fully saturated rings. The topological polar surface area (TPSA) is 97.6 Å². The Bertz CT molecular complexity index is 1210. The van der Waals surface area contributed by atoms with E-state index in [-0.39, 0.29) is 17.8 Å². The Balaban J connectivity index is 1.18. The molecule has 1 amide bonds. The van der Waals surface area contributed by atoms with E-state index >= 15 is 0 Å². The number of methoxy groups -OCH3 is 1. The van der Waals surface area contributed by atoms with Crippen LogP contribution in [0.1, 0.15) is 52.4 Å². The number of ether oxygens (including phenoxy) is 1. The number of fused-ring (bicyclic) bond motifs is 1. The molecule has 2 aromatic heterocycles. The van der Waals surface area contributed by atoms with Crippen LogP contribution in [0.5, 0.6) is 0 Å². The maximum Gasteiger partial charge on any atom is 0.341 e. The average molecular weight is 515 g/mol. The molecule has 0 atom stereocenters. The number of benzene rings is 1. The molecule has 0 radical (unpaired) electrons. The van der Waals surface area contributed by atoms with Gasteiger partial charge in [-0.05, 0) is 81.4 Å². The van der Waals surface area contributed by atoms with Crippen molar-refractivity contribution in [3.63, 3.8) is 0 Å². The molecule has 3 aromatic rings. The number of thiophene rings is 1. The molecule has 5 rings (SSSR count). The lowest BCUT2D eigenvalue weighted by Gasteiger charge is -2.30. The number of hydrogen-bond donors (Lipinski definition) is 1. The van der Waals surface area contributed by atoms with Crippen molar-refractivity contribution in [1.29, 1.82) is 0 Å². The van der Waals surface area contributed by atoms with Gasteiger partial charge in [-0.25, -0.2) is 4.79 Å². The van der Waals surface area contributed by atoms with E-state index in [9.17, 15) is 9.59 Å². The zero-order chi connectivity index (χ0) is 24.4. The highest BCUT2D eigenvalue weighted by Gasteiger charge is 2.30. The number of piperidine rings is 1. The number of aryl methyl sites for hydroxylation is 1. The van der Waals surface area contributed by atoms with Crippen molar-refractivity contribution >= 4 is 39.8 Å². The van der Waals surface area contributed by atoms with Crippen LogP contribution in [0.25, 0.3) is 11.4 Å². The number of rotatable bonds is 6. The van der Waals surface area contributed by atoms with E-state index in [4.69, 9.17) is 20.9 Å². The third-order valence-corrected chi connectivity index (χ3v) is 8.14. The zero-order valence-corrected chi connectivity index (χ0v) is 21.1. The number of nitrogens with one attached hydrogen (secondary N) is 1. The number of halogens is 1. The molecule has 10 heteroatoms. The van der Waals surface area contributed by atoms with E-state index in [1.54, 1.807) is 12.1 Å². The minimum absolute atomic E-state index is 0.0313. The Morgan fingerprint density at radius 3 is 2.69 bits per heavy atom. The molecule has 1 aliphatic carbocycles. The van der Waals surface area contributed by atoms with Crippen LogP contribution in [0.4, 0.5) is 5.00 Å². The third-order valence-electron chi connectivity index (χ3n) is 6.69. The van der Waals surface area contributed by atoms with Crippen molar-refractivity contribution < 1.29 is 18.8 Å². The Labute approximate surface area is 212 Å². The lowest BCUT2D eigenvalue weighted by molar-refractivity contribution is -0.121. The predicted octanol–water partition coefficient (Wildman–Crippen LogP) is 4.97. The van der Waals surface area contributed by atoms with Crippen molar-refractivity contribution in [3.05, 3.63) is 51.2 Å². The summed E-state index contributed by atoms with van der Waals surface area (Å²) in [6.45, 7) is 2.04. The van der Waals surface area contributed by atoms with Crippen LogP contribution in [-0.4, -0.2) is 47.1 Å². The Kier molecular flexibility index (Phi) is 7.17. The van der Waals surface area contributed by atoms with E-state index in [1.807, 2.05) is 12.1 Å². The number of hydrogen-bond acceptors (Lipinski definition) is 8. The minimum Gasteiger partial charge on any atom is -0.465 e. The molecule has 8 nitrogen and oxygen atoms in total. The number of esters is 1. The lowest BCUT2D eigenvalue weighted by Crippen LogP contribution is -2.37. The first-order chi connectivity index (χ1) is 17.0. The number of amides is 1. The summed E-state index contributed by atoms with van der Waals surface area (Å²) in [7, 11) is 1.39. The number of carbonyl (C=O) groups is 2. The molecule has 35 heavy (non-hydrogen) atoms. The highest BCUT2D eigenvalue weighted by Crippen LogP contribution is 2.39. The van der Waals surface area contributed by atoms with Crippen LogP contribution < -0.4 is 5.32 Å². The van der Waals surface area contributed by atoms with Gasteiger partial charge >= 0.3 is 5.97 Å². The summed E-state index contributed by atoms with van der Waals surface area (Å²) in [5.41, 5.74) is 2.45. The third kappa shape index (κ3) is 5.27. The smallest absolute Gasteiger partial charge is 0.341 e. The SMILES string of the molecule is COC(=O)c1c(NC(=O)C2CCN(Cc3nc(-c4ccc(Cl)cc4)no3)CC2)sc2c1CCCC2. The first kappa shape index (κ1) is 24.0. The maximum absolute atomic E-state index is 13.1. The molecule has 0 saturated carbocycles. The van der Waals surface area contributed by atoms with E-state index in [0.717, 1.165) is 62.7 Å². The quantitative estimate of drug-likeness (QED) is 0.464. The summed E-state index contributed by atoms with van der Waals surface area (Å²) in [4.78, 5) is 33.4. The van der Waals surface area contributed by atoms with Crippen LogP contribution in [-0.2, 0) is 28.9 Å². The van der Waals surface area contributed by atoms with Crippen molar-refractivity contribution in [1.82, 2.24) is 15.0 Å². The second-order valence-electron chi connectivity index (χ2n) is 8.96. The van der Waals surface area contributed by atoms with Gasteiger partial charge in [0.1, 0.15) is 5.00 Å². The molecule has 1 saturated heterocycles. The van der Waals surface area contributed by atoms with Gasteiger partial charge in [0, 0.05) is 21.4 Å². The largest absolute Gasteiger partial charge is 0.465 e. The van der Waals surface area contributed by atoms with E-state index in [0.29, 0.717) is 33.8 Å². The summed E-state index contributed by atoms with van der Waals surface area (Å²) >= 11 is 7.47. The molecule has 1 N–H and O–H groups in total. The summed E-state index contributed by atoms with van der Waals surface area (Å²) in [5.74, 6) is 0.571. The normalized spacial score (nSPS) is 16.6. The van der Waals surface area contributed by atoms with Gasteiger partial charge in [-0.15, -0.1) is 11.3 Å². The Hall–Kier alpha value is -2.75. The first-order valence-electron chi connectivity index (χ1n) is 11.9. The number of anilines is 1. The van der Waals surface area contributed by atoms with Gasteiger partial charge in [-0.2, -0.15) is 4.98 Å². The van der Waals surface area contributed by atoms with Gasteiger partial charge in [-0.3, -0.25) is 9.69 Å². The highest BCUT2D eigenvalue weighted by molar-refractivity contribution is 7.17. The summed E-state index contributed by atoms with van der Waals surface area (Å²) < 4.78 is 10.5. The Morgan fingerprint density at radius 1 is 1.20 bits per heavy atom. The molecule has 2 aliphatic rings. The standard InChI is InChI=1S/C25H27ClN4O4S/c1-33-25(32)21-18-4-2-3-5-19(18)35-24(21)28-23(31)16-10-12-30(13-11-16)14-20-27-22(29-34-20)15-6-8-17(26)9-7-15/h6-9,16H,2-5,10-14H2,1H3,(H,28,31). The predicted molar refractivity (Wildman–Crippen MR) is 134 cm³/mol. The molecule has 0 spiro atoms. The van der Waals surface area contributed by atoms with E-state index in [1.165, 1.54) is 23.3 Å². The van der Waals surface area contributed by atoms with E-state index in [2.05, 4.69) is 20.4 Å². The Morgan fingerprint density at radius 2 is 1.94 bits per heavy atom. The first-order valence-corrected chi connectivity index (χ1v) is 13.1. The summed E-state index contributed by atoms with van der Waals surface area (Å²) in [6, 6.07) is 7.30. The highest BCUT2D eigenvalue weighted by atomic mass is 35.5. The monoisotopic (exact) mass is 514 g/mol. The molecule has 0 bridgehead atoms. The second kappa shape index (κ2) is 10.5. The fourth-order valence-corrected chi connectivity index (χ4v) is 6.17. The van der Waals surface area contributed by atoms with Crippen LogP contribution in [0, 0.1) is 5.92 Å². The number of aromatic nitrogens is 2. The molecule has 1 aromatic carbocycles. The summed E-state index contributed by atoms with van der Waals surface area (Å²) in [5, 5.41) is 8.42. The average Bonchev–Trinajstić information content (AvgIpc) is 3.49. The minimum atomic E-state index is -0.368. The number of likely N-dealkylation sites (tertiary alicyclic amines) is 1. The second-order valence-corrected chi connectivity index (χ2v) is 10.5. The van der Waals surface area contributed by atoms with Crippen molar-refractivity contribution in [2.75, 3.05) is 25.5 Å². The number of nitrogens with zero attached hydrogens (tertiary/aromatic N) is 3. The lowest BCUT2D eigenvalue weighted by atomic mass is 9.94. The van der Waals surface area contributed by atoms with Crippen LogP contribution in [0.3, 0.4) is 0 Å². The number of carbonyl (C=O) groups excluding carboxylic acids is 2. The van der Waals surface area contributed by atoms with Crippen molar-refractivity contribution in [2.24, 2.45) is 5.92 Å². The molecular formula is C25H27ClN4O4S. The van der Waals surface area contributed by atoms with Gasteiger partial charge in [0.25, 0.3) is 0 Å². The zero-order valence-electron chi connectivity index (χ0n) is 19.5. The van der Waals surface area contributed by atoms with Crippen molar-refractivity contribution in [3.8, 4) is 11.4 Å². The van der Waals surface area contributed by atoms with Crippen molar-refractivity contribution in [2.45, 2.75) is 45.1 Å². The molecule has 184 valence electrons. The van der Waals surface area contributed by atoms with E-state index < -0.39 is 0 Å². The van der Waals surface area contributed by atoms with Crippen LogP contribution in [0.2, 0.25) is 5.02 Å². The molecule has 0 unspecified atom stereocenters. The molecule has 1 aliphatic heterocycles. The van der Waals surface area contributed by atoms with Crippen LogP contribution in [0.15, 0.2) is 28.8 Å². The van der Waals surface area contributed by atoms with Gasteiger partial charge < -0.3 is 14.6 Å². The molecular weight excluding hydrogens is 488 g/mol. The van der Waals surface area contributed by atoms with Gasteiger partial charge in [0.05, 0.1) is 19.2 Å². The van der Waals surface area contributed by atoms with Gasteiger partial charge in [-0.1, -0.05) is 16.8 Å². The molecule has 3 heterocycles. The fraction of sp³-hybridized carbons (Fsp3) is 0.440. The summed E-state index contributed by atoms with van der Waals surface area (Å²) in [6.07, 6.45) is 5.43. The fourth-order valence-electron chi connectivity index (χ4n) is 4.77. The maximum atomic E-state index is 13.1. The van der Waals surface area contributed by atoms with Gasteiger partial charge in [0.2, 0.25) is 17.6 Å².